The molecule has 1 aliphatic carbocycles. The van der Waals surface area contributed by atoms with E-state index in [-0.39, 0.29) is 11.5 Å². The number of Topliss-reactive ketones (excluding diaryl/α,β-unsaturated/α-hetero) is 1. The molecule has 2 rings (SSSR count). The third-order valence-corrected chi connectivity index (χ3v) is 4.56. The summed E-state index contributed by atoms with van der Waals surface area (Å²) in [6.45, 7) is 7.72. The van der Waals surface area contributed by atoms with Crippen molar-refractivity contribution in [1.82, 2.24) is 4.90 Å². The highest BCUT2D eigenvalue weighted by atomic mass is 16.5. The molecule has 0 radical (unpaired) electrons. The van der Waals surface area contributed by atoms with Crippen molar-refractivity contribution >= 4 is 5.78 Å². The Bertz CT molecular complexity index is 261. The quantitative estimate of drug-likeness (QED) is 0.737. The first-order chi connectivity index (χ1) is 8.24. The Morgan fingerprint density at radius 3 is 2.41 bits per heavy atom. The maximum Gasteiger partial charge on any atom is 0.158 e. The summed E-state index contributed by atoms with van der Waals surface area (Å²) in [6, 6.07) is 0. The van der Waals surface area contributed by atoms with Crippen LogP contribution in [0.4, 0.5) is 0 Å². The lowest BCUT2D eigenvalue weighted by Gasteiger charge is -2.40. The number of rotatable bonds is 5. The molecule has 98 valence electrons. The summed E-state index contributed by atoms with van der Waals surface area (Å²) < 4.78 is 5.39. The van der Waals surface area contributed by atoms with Gasteiger partial charge in [0.25, 0.3) is 0 Å². The summed E-state index contributed by atoms with van der Waals surface area (Å²) in [7, 11) is 0. The van der Waals surface area contributed by atoms with Crippen LogP contribution in [0.2, 0.25) is 0 Å². The predicted octanol–water partition coefficient (Wildman–Crippen LogP) is 2.25. The van der Waals surface area contributed by atoms with Crippen LogP contribution in [0.15, 0.2) is 0 Å². The molecule has 0 aromatic heterocycles. The third kappa shape index (κ3) is 2.27. The highest BCUT2D eigenvalue weighted by Crippen LogP contribution is 2.39. The number of carbonyl (C=O) groups excluding carboxylic acids is 1. The summed E-state index contributed by atoms with van der Waals surface area (Å²) in [6.07, 6.45) is 5.46. The highest BCUT2D eigenvalue weighted by molar-refractivity contribution is 5.91. The maximum atomic E-state index is 12.8. The molecule has 0 aromatic rings. The molecule has 1 aliphatic heterocycles. The van der Waals surface area contributed by atoms with Crippen molar-refractivity contribution in [2.24, 2.45) is 5.92 Å². The Kier molecular flexibility index (Phi) is 4.21. The first-order valence-corrected chi connectivity index (χ1v) is 7.11. The second-order valence-corrected chi connectivity index (χ2v) is 5.34. The average molecular weight is 239 g/mol. The molecule has 1 saturated heterocycles. The SMILES string of the molecule is CCN(CC)C1(C(=O)C2CCOC2)CCCC1. The van der Waals surface area contributed by atoms with E-state index >= 15 is 0 Å². The van der Waals surface area contributed by atoms with E-state index in [9.17, 15) is 4.79 Å². The number of hydrogen-bond acceptors (Lipinski definition) is 3. The van der Waals surface area contributed by atoms with Crippen molar-refractivity contribution in [3.05, 3.63) is 0 Å². The van der Waals surface area contributed by atoms with Gasteiger partial charge in [-0.05, 0) is 32.4 Å². The highest BCUT2D eigenvalue weighted by Gasteiger charge is 2.47. The molecule has 1 unspecified atom stereocenters. The number of likely N-dealkylation sites (N-methyl/N-ethyl adjacent to an activating group) is 1. The van der Waals surface area contributed by atoms with Gasteiger partial charge in [0.2, 0.25) is 0 Å². The Balaban J connectivity index is 2.17. The zero-order valence-corrected chi connectivity index (χ0v) is 11.2. The van der Waals surface area contributed by atoms with E-state index in [2.05, 4.69) is 18.7 Å². The predicted molar refractivity (Wildman–Crippen MR) is 68.1 cm³/mol. The van der Waals surface area contributed by atoms with Gasteiger partial charge < -0.3 is 4.74 Å². The van der Waals surface area contributed by atoms with Crippen LogP contribution in [0.25, 0.3) is 0 Å². The fourth-order valence-electron chi connectivity index (χ4n) is 3.63. The molecule has 2 fully saturated rings. The molecule has 0 aromatic carbocycles. The Morgan fingerprint density at radius 2 is 1.94 bits per heavy atom. The standard InChI is InChI=1S/C14H25NO2/c1-3-15(4-2)14(8-5-6-9-14)13(16)12-7-10-17-11-12/h12H,3-11H2,1-2H3. The van der Waals surface area contributed by atoms with Crippen LogP contribution in [-0.4, -0.2) is 42.5 Å². The molecule has 3 nitrogen and oxygen atoms in total. The molecule has 0 N–H and O–H groups in total. The number of carbonyl (C=O) groups is 1. The minimum absolute atomic E-state index is 0.151. The fraction of sp³-hybridized carbons (Fsp3) is 0.929. The molecule has 1 atom stereocenters. The van der Waals surface area contributed by atoms with E-state index in [1.807, 2.05) is 0 Å². The van der Waals surface area contributed by atoms with Crippen LogP contribution in [0.5, 0.6) is 0 Å². The minimum Gasteiger partial charge on any atom is -0.381 e. The lowest BCUT2D eigenvalue weighted by Crippen LogP contribution is -2.54. The zero-order valence-electron chi connectivity index (χ0n) is 11.2. The smallest absolute Gasteiger partial charge is 0.158 e. The third-order valence-electron chi connectivity index (χ3n) is 4.56. The minimum atomic E-state index is -0.151. The van der Waals surface area contributed by atoms with Crippen LogP contribution in [0, 0.1) is 5.92 Å². The molecule has 0 bridgehead atoms. The van der Waals surface area contributed by atoms with Crippen molar-refractivity contribution in [2.75, 3.05) is 26.3 Å². The second kappa shape index (κ2) is 5.49. The van der Waals surface area contributed by atoms with Crippen molar-refractivity contribution in [3.63, 3.8) is 0 Å². The van der Waals surface area contributed by atoms with Crippen molar-refractivity contribution in [3.8, 4) is 0 Å². The zero-order chi connectivity index (χ0) is 12.3. The van der Waals surface area contributed by atoms with E-state index in [1.54, 1.807) is 0 Å². The maximum absolute atomic E-state index is 12.8. The fourth-order valence-corrected chi connectivity index (χ4v) is 3.63. The van der Waals surface area contributed by atoms with Gasteiger partial charge in [0.05, 0.1) is 12.1 Å². The number of ether oxygens (including phenoxy) is 1. The summed E-state index contributed by atoms with van der Waals surface area (Å²) >= 11 is 0. The molecule has 0 spiro atoms. The molecule has 3 heteroatoms. The van der Waals surface area contributed by atoms with Gasteiger partial charge in [-0.2, -0.15) is 0 Å². The van der Waals surface area contributed by atoms with Crippen molar-refractivity contribution in [1.29, 1.82) is 0 Å². The second-order valence-electron chi connectivity index (χ2n) is 5.34. The van der Waals surface area contributed by atoms with Crippen molar-refractivity contribution < 1.29 is 9.53 Å². The largest absolute Gasteiger partial charge is 0.381 e. The van der Waals surface area contributed by atoms with Gasteiger partial charge in [0, 0.05) is 12.5 Å². The van der Waals surface area contributed by atoms with Gasteiger partial charge in [-0.25, -0.2) is 0 Å². The Labute approximate surface area is 105 Å². The number of hydrogen-bond donors (Lipinski definition) is 0. The normalized spacial score (nSPS) is 27.8. The van der Waals surface area contributed by atoms with Gasteiger partial charge in [-0.3, -0.25) is 9.69 Å². The van der Waals surface area contributed by atoms with E-state index in [0.717, 1.165) is 39.0 Å². The van der Waals surface area contributed by atoms with Crippen molar-refractivity contribution in [2.45, 2.75) is 51.5 Å². The van der Waals surface area contributed by atoms with E-state index in [0.29, 0.717) is 12.4 Å². The number of ketones is 1. The topological polar surface area (TPSA) is 29.5 Å². The molecular weight excluding hydrogens is 214 g/mol. The van der Waals surface area contributed by atoms with Crippen LogP contribution >= 0.6 is 0 Å². The summed E-state index contributed by atoms with van der Waals surface area (Å²) in [5.41, 5.74) is -0.151. The molecule has 17 heavy (non-hydrogen) atoms. The summed E-state index contributed by atoms with van der Waals surface area (Å²) in [4.78, 5) is 15.2. The average Bonchev–Trinajstić information content (AvgIpc) is 3.02. The van der Waals surface area contributed by atoms with Gasteiger partial charge in [0.1, 0.15) is 0 Å². The molecule has 0 amide bonds. The molecule has 1 saturated carbocycles. The van der Waals surface area contributed by atoms with Crippen LogP contribution < -0.4 is 0 Å². The molecular formula is C14H25NO2. The molecule has 1 heterocycles. The van der Waals surface area contributed by atoms with Gasteiger partial charge in [-0.15, -0.1) is 0 Å². The van der Waals surface area contributed by atoms with Crippen LogP contribution in [-0.2, 0) is 9.53 Å². The Hall–Kier alpha value is -0.410. The van der Waals surface area contributed by atoms with Crippen LogP contribution in [0.1, 0.15) is 46.0 Å². The van der Waals surface area contributed by atoms with Crippen LogP contribution in [0.3, 0.4) is 0 Å². The van der Waals surface area contributed by atoms with Gasteiger partial charge in [0.15, 0.2) is 5.78 Å². The lowest BCUT2D eigenvalue weighted by molar-refractivity contribution is -0.135. The van der Waals surface area contributed by atoms with E-state index in [1.165, 1.54) is 12.8 Å². The first kappa shape index (κ1) is 13.0. The summed E-state index contributed by atoms with van der Waals surface area (Å²) in [5, 5.41) is 0. The van der Waals surface area contributed by atoms with E-state index < -0.39 is 0 Å². The van der Waals surface area contributed by atoms with E-state index in [4.69, 9.17) is 4.74 Å². The van der Waals surface area contributed by atoms with Gasteiger partial charge in [-0.1, -0.05) is 26.7 Å². The Morgan fingerprint density at radius 1 is 1.29 bits per heavy atom. The lowest BCUT2D eigenvalue weighted by atomic mass is 9.82. The first-order valence-electron chi connectivity index (χ1n) is 7.11. The molecule has 2 aliphatic rings. The van der Waals surface area contributed by atoms with Gasteiger partial charge >= 0.3 is 0 Å². The summed E-state index contributed by atoms with van der Waals surface area (Å²) in [5.74, 6) is 0.630. The number of nitrogens with zero attached hydrogens (tertiary/aromatic N) is 1. The monoisotopic (exact) mass is 239 g/mol.